The van der Waals surface area contributed by atoms with E-state index in [1.165, 1.54) is 0 Å². The molecule has 0 saturated carbocycles. The van der Waals surface area contributed by atoms with Gasteiger partial charge in [0.05, 0.1) is 0 Å². The van der Waals surface area contributed by atoms with Crippen LogP contribution in [0.15, 0.2) is 30.3 Å². The van der Waals surface area contributed by atoms with Crippen molar-refractivity contribution in [1.82, 2.24) is 4.98 Å². The second-order valence-corrected chi connectivity index (χ2v) is 3.09. The number of para-hydroxylation sites is 1. The van der Waals surface area contributed by atoms with Gasteiger partial charge in [-0.25, -0.2) is 0 Å². The molecule has 1 aromatic carbocycles. The van der Waals surface area contributed by atoms with Gasteiger partial charge in [0, 0.05) is 0 Å². The van der Waals surface area contributed by atoms with Gasteiger partial charge in [0.1, 0.15) is 0 Å². The summed E-state index contributed by atoms with van der Waals surface area (Å²) in [6.45, 7) is 0. The summed E-state index contributed by atoms with van der Waals surface area (Å²) in [4.78, 5) is 14.8. The van der Waals surface area contributed by atoms with Crippen LogP contribution in [0.25, 0.3) is 10.9 Å². The second kappa shape index (κ2) is 3.88. The van der Waals surface area contributed by atoms with Gasteiger partial charge >= 0.3 is 93.7 Å². The predicted octanol–water partition coefficient (Wildman–Crippen LogP) is 1.77. The molecule has 2 rings (SSSR count). The second-order valence-electron chi connectivity index (χ2n) is 2.89. The molecule has 1 aromatic heterocycles. The van der Waals surface area contributed by atoms with Crippen LogP contribution in [0.2, 0.25) is 0 Å². The Kier molecular flexibility index (Phi) is 2.58. The number of carboxylic acid groups (broad SMARTS) is 1. The number of carboxylic acids is 1. The number of aromatic nitrogens is 1. The van der Waals surface area contributed by atoms with Crippen molar-refractivity contribution < 1.29 is 30.1 Å². The van der Waals surface area contributed by atoms with Gasteiger partial charge in [-0.2, -0.15) is 0 Å². The summed E-state index contributed by atoms with van der Waals surface area (Å²) in [5, 5.41) is 9.66. The van der Waals surface area contributed by atoms with Gasteiger partial charge in [-0.15, -0.1) is 0 Å². The summed E-state index contributed by atoms with van der Waals surface area (Å²) in [5.74, 6) is -1.07. The zero-order chi connectivity index (χ0) is 10.8. The average Bonchev–Trinajstić information content (AvgIpc) is 2.27. The Morgan fingerprint density at radius 1 is 1.40 bits per heavy atom. The minimum atomic E-state index is -1.16. The number of pyridine rings is 1. The molecule has 0 spiro atoms. The number of hydrogen-bond donors (Lipinski definition) is 1. The molecular weight excluding hydrogens is 246 g/mol. The third-order valence-corrected chi connectivity index (χ3v) is 2.16. The Morgan fingerprint density at radius 3 is 2.80 bits per heavy atom. The maximum absolute atomic E-state index is 10.8. The quantitative estimate of drug-likeness (QED) is 0.827. The van der Waals surface area contributed by atoms with Crippen LogP contribution in [0, 0.1) is 0 Å². The molecule has 0 bridgehead atoms. The van der Waals surface area contributed by atoms with E-state index in [2.05, 4.69) is 25.1 Å². The molecule has 15 heavy (non-hydrogen) atoms. The number of fused-ring (bicyclic) bond motifs is 1. The van der Waals surface area contributed by atoms with Crippen LogP contribution in [0.3, 0.4) is 0 Å². The Balaban J connectivity index is 2.74. The van der Waals surface area contributed by atoms with Crippen molar-refractivity contribution in [2.45, 2.75) is 0 Å². The zero-order valence-corrected chi connectivity index (χ0v) is 8.34. The number of benzene rings is 1. The number of nitrogens with zero attached hydrogens (tertiary/aromatic N) is 1. The fourth-order valence-corrected chi connectivity index (χ4v) is 1.44. The Morgan fingerprint density at radius 2 is 2.13 bits per heavy atom. The Bertz CT molecular complexity index is 527. The number of hydrogen-bond acceptors (Lipinski definition) is 3. The van der Waals surface area contributed by atoms with E-state index in [4.69, 9.17) is 5.11 Å². The Labute approximate surface area is 94.0 Å². The van der Waals surface area contributed by atoms with Crippen LogP contribution in [-0.2, 0) is 16.3 Å². The first-order chi connectivity index (χ1) is 7.22. The summed E-state index contributed by atoms with van der Waals surface area (Å²) in [7, 11) is 0. The first-order valence-electron chi connectivity index (χ1n) is 4.11. The molecule has 0 amide bonds. The van der Waals surface area contributed by atoms with E-state index in [0.29, 0.717) is 5.52 Å². The number of rotatable bonds is 2. The van der Waals surface area contributed by atoms with Gasteiger partial charge in [0.25, 0.3) is 0 Å². The normalized spacial score (nSPS) is 10.3. The summed E-state index contributed by atoms with van der Waals surface area (Å²) >= 11 is 4.53. The molecule has 2 aromatic rings. The summed E-state index contributed by atoms with van der Waals surface area (Å²) in [5.41, 5.74) is 0.432. The van der Waals surface area contributed by atoms with Crippen LogP contribution in [0.1, 0.15) is 10.5 Å². The van der Waals surface area contributed by atoms with Gasteiger partial charge in [-0.05, 0) is 0 Å². The molecule has 1 N–H and O–H groups in total. The van der Waals surface area contributed by atoms with Crippen LogP contribution in [-0.4, -0.2) is 16.1 Å². The van der Waals surface area contributed by atoms with E-state index in [9.17, 15) is 4.79 Å². The molecule has 0 atom stereocenters. The number of carbonyl (C=O) groups is 1. The third-order valence-electron chi connectivity index (χ3n) is 1.96. The SMILES string of the molecule is O=C(O)c1nc2ccccc2cc1[O][Cu]. The van der Waals surface area contributed by atoms with Crippen LogP contribution < -0.4 is 3.82 Å². The van der Waals surface area contributed by atoms with Gasteiger partial charge in [0.2, 0.25) is 0 Å². The number of aromatic carboxylic acids is 1. The van der Waals surface area contributed by atoms with Crippen molar-refractivity contribution >= 4 is 16.9 Å². The standard InChI is InChI=1S/C10H7NO3.Cu/c12-8-5-6-3-1-2-4-7(6)11-9(8)10(13)14;/h1-5,12H,(H,13,14);/q;+1/p-1. The summed E-state index contributed by atoms with van der Waals surface area (Å²) < 4.78 is 4.53. The molecule has 0 radical (unpaired) electrons. The molecule has 0 fully saturated rings. The van der Waals surface area contributed by atoms with Crippen molar-refractivity contribution in [2.75, 3.05) is 0 Å². The van der Waals surface area contributed by atoms with E-state index >= 15 is 0 Å². The van der Waals surface area contributed by atoms with Gasteiger partial charge in [-0.3, -0.25) is 0 Å². The summed E-state index contributed by atoms with van der Waals surface area (Å²) in [6.07, 6.45) is 0. The van der Waals surface area contributed by atoms with E-state index < -0.39 is 5.97 Å². The van der Waals surface area contributed by atoms with Crippen LogP contribution in [0.4, 0.5) is 0 Å². The molecule has 4 nitrogen and oxygen atoms in total. The van der Waals surface area contributed by atoms with E-state index in [-0.39, 0.29) is 11.4 Å². The van der Waals surface area contributed by atoms with E-state index in [1.54, 1.807) is 18.2 Å². The van der Waals surface area contributed by atoms with Crippen molar-refractivity contribution in [1.29, 1.82) is 0 Å². The van der Waals surface area contributed by atoms with Crippen molar-refractivity contribution in [3.63, 3.8) is 0 Å². The first kappa shape index (κ1) is 9.96. The molecule has 80 valence electrons. The Hall–Kier alpha value is -1.58. The topological polar surface area (TPSA) is 59.4 Å². The van der Waals surface area contributed by atoms with Crippen molar-refractivity contribution in [2.24, 2.45) is 0 Å². The fourth-order valence-electron chi connectivity index (χ4n) is 1.30. The first-order valence-corrected chi connectivity index (χ1v) is 4.49. The molecule has 5 heteroatoms. The fraction of sp³-hybridized carbons (Fsp3) is 0. The third kappa shape index (κ3) is 1.79. The predicted molar refractivity (Wildman–Crippen MR) is 49.3 cm³/mol. The molecule has 0 aliphatic rings. The van der Waals surface area contributed by atoms with Crippen molar-refractivity contribution in [3.05, 3.63) is 36.0 Å². The minimum absolute atomic E-state index is 0.0844. The average molecular weight is 252 g/mol. The van der Waals surface area contributed by atoms with E-state index in [1.807, 2.05) is 12.1 Å². The molecule has 0 aliphatic heterocycles. The maximum atomic E-state index is 10.8. The molecule has 0 aliphatic carbocycles. The van der Waals surface area contributed by atoms with E-state index in [0.717, 1.165) is 5.39 Å². The molecule has 0 saturated heterocycles. The van der Waals surface area contributed by atoms with Gasteiger partial charge < -0.3 is 0 Å². The van der Waals surface area contributed by atoms with Crippen LogP contribution >= 0.6 is 0 Å². The van der Waals surface area contributed by atoms with Gasteiger partial charge in [0.15, 0.2) is 0 Å². The molecular formula is C10H6CuNO3. The van der Waals surface area contributed by atoms with Crippen molar-refractivity contribution in [3.8, 4) is 5.75 Å². The molecule has 0 unspecified atom stereocenters. The zero-order valence-electron chi connectivity index (χ0n) is 7.40. The summed E-state index contributed by atoms with van der Waals surface area (Å²) in [6, 6.07) is 8.72. The van der Waals surface area contributed by atoms with Gasteiger partial charge in [-0.1, -0.05) is 0 Å². The van der Waals surface area contributed by atoms with Crippen LogP contribution in [0.5, 0.6) is 5.75 Å². The monoisotopic (exact) mass is 251 g/mol. The molecule has 1 heterocycles.